The molecule has 0 spiro atoms. The van der Waals surface area contributed by atoms with Crippen LogP contribution in [0.2, 0.25) is 15.1 Å². The largest absolute Gasteiger partial charge is 0.306 e. The van der Waals surface area contributed by atoms with Gasteiger partial charge in [-0.2, -0.15) is 0 Å². The summed E-state index contributed by atoms with van der Waals surface area (Å²) in [7, 11) is 0. The number of halogens is 4. The fourth-order valence-electron chi connectivity index (χ4n) is 1.84. The molecule has 20 heavy (non-hydrogen) atoms. The molecule has 0 radical (unpaired) electrons. The Balaban J connectivity index is 2.06. The molecule has 2 aromatic rings. The van der Waals surface area contributed by atoms with Gasteiger partial charge in [-0.15, -0.1) is 0 Å². The van der Waals surface area contributed by atoms with Crippen molar-refractivity contribution < 1.29 is 4.39 Å². The topological polar surface area (TPSA) is 12.0 Å². The highest BCUT2D eigenvalue weighted by Crippen LogP contribution is 2.26. The second-order valence-corrected chi connectivity index (χ2v) is 5.76. The maximum atomic E-state index is 13.6. The molecule has 1 unspecified atom stereocenters. The highest BCUT2D eigenvalue weighted by atomic mass is 35.5. The normalized spacial score (nSPS) is 12.4. The van der Waals surface area contributed by atoms with Crippen LogP contribution in [-0.4, -0.2) is 0 Å². The number of benzene rings is 2. The summed E-state index contributed by atoms with van der Waals surface area (Å²) in [5, 5.41) is 4.77. The van der Waals surface area contributed by atoms with Crippen molar-refractivity contribution >= 4 is 34.8 Å². The molecule has 0 amide bonds. The van der Waals surface area contributed by atoms with Crippen LogP contribution in [-0.2, 0) is 6.54 Å². The van der Waals surface area contributed by atoms with Gasteiger partial charge in [-0.3, -0.25) is 0 Å². The van der Waals surface area contributed by atoms with Crippen LogP contribution in [0.5, 0.6) is 0 Å². The fourth-order valence-corrected chi connectivity index (χ4v) is 2.34. The van der Waals surface area contributed by atoms with Crippen molar-refractivity contribution in [1.82, 2.24) is 5.32 Å². The Morgan fingerprint density at radius 3 is 2.50 bits per heavy atom. The molecule has 1 atom stereocenters. The van der Waals surface area contributed by atoms with Crippen molar-refractivity contribution in [2.75, 3.05) is 0 Å². The molecule has 106 valence electrons. The molecular weight excluding hydrogens is 320 g/mol. The van der Waals surface area contributed by atoms with Crippen molar-refractivity contribution in [2.24, 2.45) is 0 Å². The van der Waals surface area contributed by atoms with Crippen LogP contribution in [0.25, 0.3) is 0 Å². The first kappa shape index (κ1) is 15.6. The van der Waals surface area contributed by atoms with E-state index in [2.05, 4.69) is 5.32 Å². The number of hydrogen-bond donors (Lipinski definition) is 1. The fraction of sp³-hybridized carbons (Fsp3) is 0.200. The van der Waals surface area contributed by atoms with Crippen molar-refractivity contribution in [2.45, 2.75) is 19.5 Å². The van der Waals surface area contributed by atoms with Crippen LogP contribution in [0.1, 0.15) is 24.1 Å². The van der Waals surface area contributed by atoms with E-state index >= 15 is 0 Å². The van der Waals surface area contributed by atoms with Crippen LogP contribution in [0, 0.1) is 5.82 Å². The first-order valence-electron chi connectivity index (χ1n) is 6.09. The quantitative estimate of drug-likeness (QED) is 0.764. The van der Waals surface area contributed by atoms with Gasteiger partial charge in [0.05, 0.1) is 10.0 Å². The van der Waals surface area contributed by atoms with Gasteiger partial charge in [-0.05, 0) is 42.8 Å². The molecule has 0 aliphatic heterocycles. The van der Waals surface area contributed by atoms with E-state index in [-0.39, 0.29) is 11.9 Å². The van der Waals surface area contributed by atoms with Crippen LogP contribution >= 0.6 is 34.8 Å². The third-order valence-electron chi connectivity index (χ3n) is 3.05. The molecule has 1 nitrogen and oxygen atoms in total. The number of hydrogen-bond acceptors (Lipinski definition) is 1. The molecule has 0 heterocycles. The van der Waals surface area contributed by atoms with Gasteiger partial charge in [-0.1, -0.05) is 40.9 Å². The first-order valence-corrected chi connectivity index (χ1v) is 7.23. The molecule has 0 aliphatic carbocycles. The molecular formula is C15H13Cl3FN. The van der Waals surface area contributed by atoms with Crippen molar-refractivity contribution in [3.8, 4) is 0 Å². The molecule has 0 saturated heterocycles. The van der Waals surface area contributed by atoms with E-state index in [1.807, 2.05) is 13.0 Å². The van der Waals surface area contributed by atoms with Gasteiger partial charge in [0.15, 0.2) is 0 Å². The Labute approximate surface area is 132 Å². The minimum absolute atomic E-state index is 0.0168. The van der Waals surface area contributed by atoms with E-state index in [9.17, 15) is 4.39 Å². The van der Waals surface area contributed by atoms with Gasteiger partial charge in [0, 0.05) is 23.2 Å². The summed E-state index contributed by atoms with van der Waals surface area (Å²) >= 11 is 17.7. The lowest BCUT2D eigenvalue weighted by atomic mass is 10.1. The second kappa shape index (κ2) is 6.77. The lowest BCUT2D eigenvalue weighted by molar-refractivity contribution is 0.544. The predicted molar refractivity (Wildman–Crippen MR) is 83.1 cm³/mol. The van der Waals surface area contributed by atoms with Crippen LogP contribution in [0.15, 0.2) is 36.4 Å². The zero-order chi connectivity index (χ0) is 14.7. The van der Waals surface area contributed by atoms with Gasteiger partial charge in [0.25, 0.3) is 0 Å². The Bertz CT molecular complexity index is 616. The molecule has 2 aromatic carbocycles. The van der Waals surface area contributed by atoms with Crippen molar-refractivity contribution in [3.05, 3.63) is 68.4 Å². The smallest absolute Gasteiger partial charge is 0.127 e. The van der Waals surface area contributed by atoms with E-state index in [1.54, 1.807) is 18.2 Å². The number of nitrogens with one attached hydrogen (secondary N) is 1. The Morgan fingerprint density at radius 2 is 1.80 bits per heavy atom. The first-order chi connectivity index (χ1) is 9.47. The van der Waals surface area contributed by atoms with E-state index in [4.69, 9.17) is 34.8 Å². The summed E-state index contributed by atoms with van der Waals surface area (Å²) in [5.41, 5.74) is 1.52. The summed E-state index contributed by atoms with van der Waals surface area (Å²) in [6.07, 6.45) is 0. The highest BCUT2D eigenvalue weighted by molar-refractivity contribution is 6.42. The van der Waals surface area contributed by atoms with Crippen LogP contribution in [0.3, 0.4) is 0 Å². The SMILES string of the molecule is CC(NCc1cc(Cl)ccc1F)c1ccc(Cl)c(Cl)c1. The monoisotopic (exact) mass is 331 g/mol. The van der Waals surface area contributed by atoms with E-state index in [0.29, 0.717) is 27.2 Å². The molecule has 0 fully saturated rings. The van der Waals surface area contributed by atoms with Gasteiger partial charge < -0.3 is 5.32 Å². The average molecular weight is 333 g/mol. The van der Waals surface area contributed by atoms with Gasteiger partial charge in [0.1, 0.15) is 5.82 Å². The standard InChI is InChI=1S/C15H13Cl3FN/c1-9(10-2-4-13(17)14(18)7-10)20-8-11-6-12(16)3-5-15(11)19/h2-7,9,20H,8H2,1H3. The van der Waals surface area contributed by atoms with Gasteiger partial charge >= 0.3 is 0 Å². The van der Waals surface area contributed by atoms with Gasteiger partial charge in [0.2, 0.25) is 0 Å². The third-order valence-corrected chi connectivity index (χ3v) is 4.02. The summed E-state index contributed by atoms with van der Waals surface area (Å²) in [5.74, 6) is -0.275. The lowest BCUT2D eigenvalue weighted by Crippen LogP contribution is -2.18. The molecule has 2 rings (SSSR count). The zero-order valence-corrected chi connectivity index (χ0v) is 13.0. The molecule has 5 heteroatoms. The molecule has 1 N–H and O–H groups in total. The summed E-state index contributed by atoms with van der Waals surface area (Å²) in [4.78, 5) is 0. The summed E-state index contributed by atoms with van der Waals surface area (Å²) in [6, 6.07) is 9.97. The van der Waals surface area contributed by atoms with E-state index in [1.165, 1.54) is 12.1 Å². The lowest BCUT2D eigenvalue weighted by Gasteiger charge is -2.15. The minimum atomic E-state index is -0.275. The molecule has 0 saturated carbocycles. The maximum absolute atomic E-state index is 13.6. The Hall–Kier alpha value is -0.800. The molecule has 0 bridgehead atoms. The minimum Gasteiger partial charge on any atom is -0.306 e. The maximum Gasteiger partial charge on any atom is 0.127 e. The van der Waals surface area contributed by atoms with Crippen molar-refractivity contribution in [1.29, 1.82) is 0 Å². The Kier molecular flexibility index (Phi) is 5.28. The number of rotatable bonds is 4. The van der Waals surface area contributed by atoms with Crippen LogP contribution in [0.4, 0.5) is 4.39 Å². The Morgan fingerprint density at radius 1 is 1.05 bits per heavy atom. The second-order valence-electron chi connectivity index (χ2n) is 4.51. The van der Waals surface area contributed by atoms with E-state index in [0.717, 1.165) is 5.56 Å². The summed E-state index contributed by atoms with van der Waals surface area (Å²) in [6.45, 7) is 2.36. The van der Waals surface area contributed by atoms with Gasteiger partial charge in [-0.25, -0.2) is 4.39 Å². The highest BCUT2D eigenvalue weighted by Gasteiger charge is 2.09. The molecule has 0 aliphatic rings. The summed E-state index contributed by atoms with van der Waals surface area (Å²) < 4.78 is 13.6. The van der Waals surface area contributed by atoms with Crippen LogP contribution < -0.4 is 5.32 Å². The molecule has 0 aromatic heterocycles. The zero-order valence-electron chi connectivity index (χ0n) is 10.8. The van der Waals surface area contributed by atoms with Crippen molar-refractivity contribution in [3.63, 3.8) is 0 Å². The predicted octanol–water partition coefficient (Wildman–Crippen LogP) is 5.64. The average Bonchev–Trinajstić information content (AvgIpc) is 2.42. The third kappa shape index (κ3) is 3.86. The van der Waals surface area contributed by atoms with E-state index < -0.39 is 0 Å².